The first kappa shape index (κ1) is 15.0. The minimum absolute atomic E-state index is 0.206. The van der Waals surface area contributed by atoms with Gasteiger partial charge in [-0.2, -0.15) is 0 Å². The fourth-order valence-electron chi connectivity index (χ4n) is 2.05. The number of pyridine rings is 1. The van der Waals surface area contributed by atoms with Crippen LogP contribution in [-0.2, 0) is 6.42 Å². The molecule has 0 aliphatic rings. The number of anilines is 2. The second-order valence-electron chi connectivity index (χ2n) is 4.80. The molecule has 1 N–H and O–H groups in total. The van der Waals surface area contributed by atoms with Gasteiger partial charge < -0.3 is 10.0 Å². The van der Waals surface area contributed by atoms with Gasteiger partial charge in [0.05, 0.1) is 5.56 Å². The zero-order chi connectivity index (χ0) is 15.4. The van der Waals surface area contributed by atoms with E-state index in [1.165, 1.54) is 18.2 Å². The first-order valence-electron chi connectivity index (χ1n) is 6.75. The second-order valence-corrected chi connectivity index (χ2v) is 4.80. The molecule has 0 aliphatic heterocycles. The summed E-state index contributed by atoms with van der Waals surface area (Å²) in [5.74, 6) is -0.764. The summed E-state index contributed by atoms with van der Waals surface area (Å²) in [6.45, 7) is 2.01. The van der Waals surface area contributed by atoms with Crippen molar-refractivity contribution in [3.8, 4) is 0 Å². The lowest BCUT2D eigenvalue weighted by atomic mass is 10.1. The monoisotopic (exact) mass is 288 g/mol. The molecule has 4 nitrogen and oxygen atoms in total. The number of nitrogens with zero attached hydrogens (tertiary/aromatic N) is 2. The quantitative estimate of drug-likeness (QED) is 0.912. The van der Waals surface area contributed by atoms with E-state index >= 15 is 0 Å². The topological polar surface area (TPSA) is 53.4 Å². The van der Waals surface area contributed by atoms with Crippen molar-refractivity contribution in [2.75, 3.05) is 11.9 Å². The number of aromatic carboxylic acids is 1. The molecule has 1 heterocycles. The third-order valence-electron chi connectivity index (χ3n) is 3.18. The van der Waals surface area contributed by atoms with Crippen LogP contribution in [0.2, 0.25) is 0 Å². The Balaban J connectivity index is 2.41. The predicted molar refractivity (Wildman–Crippen MR) is 79.7 cm³/mol. The van der Waals surface area contributed by atoms with Crippen LogP contribution in [0.5, 0.6) is 0 Å². The van der Waals surface area contributed by atoms with Crippen LogP contribution in [0.4, 0.5) is 15.9 Å². The minimum atomic E-state index is -0.983. The van der Waals surface area contributed by atoms with E-state index in [1.807, 2.05) is 6.92 Å². The van der Waals surface area contributed by atoms with Crippen LogP contribution in [0.15, 0.2) is 36.4 Å². The summed E-state index contributed by atoms with van der Waals surface area (Å²) in [4.78, 5) is 17.4. The van der Waals surface area contributed by atoms with Gasteiger partial charge in [0.1, 0.15) is 11.6 Å². The number of hydrogen-bond acceptors (Lipinski definition) is 3. The number of carboxylic acids is 1. The molecular formula is C16H17FN2O2. The van der Waals surface area contributed by atoms with Gasteiger partial charge in [-0.25, -0.2) is 14.2 Å². The average molecular weight is 288 g/mol. The lowest BCUT2D eigenvalue weighted by Crippen LogP contribution is -2.13. The molecule has 0 saturated carbocycles. The van der Waals surface area contributed by atoms with Crippen molar-refractivity contribution in [2.24, 2.45) is 0 Å². The Morgan fingerprint density at radius 1 is 1.29 bits per heavy atom. The van der Waals surface area contributed by atoms with E-state index in [2.05, 4.69) is 4.98 Å². The summed E-state index contributed by atoms with van der Waals surface area (Å²) in [5, 5.41) is 9.19. The van der Waals surface area contributed by atoms with E-state index in [1.54, 1.807) is 30.1 Å². The fourth-order valence-corrected chi connectivity index (χ4v) is 2.05. The van der Waals surface area contributed by atoms with Gasteiger partial charge in [0.25, 0.3) is 0 Å². The number of carboxylic acid groups (broad SMARTS) is 1. The zero-order valence-corrected chi connectivity index (χ0v) is 12.0. The van der Waals surface area contributed by atoms with Crippen molar-refractivity contribution in [1.29, 1.82) is 0 Å². The van der Waals surface area contributed by atoms with Crippen molar-refractivity contribution in [1.82, 2.24) is 4.98 Å². The van der Waals surface area contributed by atoms with Crippen molar-refractivity contribution in [3.63, 3.8) is 0 Å². The van der Waals surface area contributed by atoms with Crippen LogP contribution in [0.3, 0.4) is 0 Å². The second kappa shape index (κ2) is 6.35. The normalized spacial score (nSPS) is 10.4. The first-order chi connectivity index (χ1) is 10.0. The highest BCUT2D eigenvalue weighted by atomic mass is 19.1. The highest BCUT2D eigenvalue weighted by Gasteiger charge is 2.12. The number of aryl methyl sites for hydroxylation is 1. The third-order valence-corrected chi connectivity index (χ3v) is 3.18. The third kappa shape index (κ3) is 3.56. The standard InChI is InChI=1S/C16H17FN2O2/c1-3-4-13-9-11(16(20)21)10-15(18-13)19(2)14-7-5-12(17)6-8-14/h5-10H,3-4H2,1-2H3,(H,20,21). The fraction of sp³-hybridized carbons (Fsp3) is 0.250. The number of halogens is 1. The number of hydrogen-bond donors (Lipinski definition) is 1. The van der Waals surface area contributed by atoms with Gasteiger partial charge >= 0.3 is 5.97 Å². The zero-order valence-electron chi connectivity index (χ0n) is 12.0. The molecule has 0 saturated heterocycles. The van der Waals surface area contributed by atoms with Crippen LogP contribution >= 0.6 is 0 Å². The van der Waals surface area contributed by atoms with Gasteiger partial charge in [-0.3, -0.25) is 0 Å². The molecule has 0 spiro atoms. The molecule has 0 unspecified atom stereocenters. The van der Waals surface area contributed by atoms with E-state index in [4.69, 9.17) is 0 Å². The van der Waals surface area contributed by atoms with Crippen molar-refractivity contribution in [3.05, 3.63) is 53.5 Å². The lowest BCUT2D eigenvalue weighted by molar-refractivity contribution is 0.0696. The number of benzene rings is 1. The van der Waals surface area contributed by atoms with E-state index in [9.17, 15) is 14.3 Å². The van der Waals surface area contributed by atoms with E-state index < -0.39 is 5.97 Å². The van der Waals surface area contributed by atoms with Gasteiger partial charge in [-0.1, -0.05) is 13.3 Å². The number of rotatable bonds is 5. The molecule has 21 heavy (non-hydrogen) atoms. The lowest BCUT2D eigenvalue weighted by Gasteiger charge is -2.19. The molecule has 110 valence electrons. The summed E-state index contributed by atoms with van der Waals surface area (Å²) >= 11 is 0. The van der Waals surface area contributed by atoms with Gasteiger partial charge in [-0.15, -0.1) is 0 Å². The van der Waals surface area contributed by atoms with Gasteiger partial charge in [0, 0.05) is 18.4 Å². The molecule has 2 aromatic rings. The Morgan fingerprint density at radius 3 is 2.52 bits per heavy atom. The summed E-state index contributed by atoms with van der Waals surface area (Å²) in [5.41, 5.74) is 1.69. The van der Waals surface area contributed by atoms with E-state index in [-0.39, 0.29) is 11.4 Å². The molecular weight excluding hydrogens is 271 g/mol. The smallest absolute Gasteiger partial charge is 0.335 e. The number of carbonyl (C=O) groups is 1. The summed E-state index contributed by atoms with van der Waals surface area (Å²) in [7, 11) is 1.77. The Hall–Kier alpha value is -2.43. The summed E-state index contributed by atoms with van der Waals surface area (Å²) in [6, 6.07) is 9.09. The number of aromatic nitrogens is 1. The van der Waals surface area contributed by atoms with Crippen LogP contribution in [0, 0.1) is 5.82 Å². The van der Waals surface area contributed by atoms with Crippen LogP contribution in [0.1, 0.15) is 29.4 Å². The van der Waals surface area contributed by atoms with Crippen LogP contribution in [0.25, 0.3) is 0 Å². The maximum absolute atomic E-state index is 13.0. The van der Waals surface area contributed by atoms with Crippen LogP contribution < -0.4 is 4.90 Å². The van der Waals surface area contributed by atoms with Gasteiger partial charge in [0.15, 0.2) is 0 Å². The highest BCUT2D eigenvalue weighted by molar-refractivity contribution is 5.89. The van der Waals surface area contributed by atoms with Gasteiger partial charge in [-0.05, 0) is 42.8 Å². The molecule has 0 bridgehead atoms. The Labute approximate surface area is 122 Å². The molecule has 0 amide bonds. The molecule has 5 heteroatoms. The molecule has 0 radical (unpaired) electrons. The maximum atomic E-state index is 13.0. The SMILES string of the molecule is CCCc1cc(C(=O)O)cc(N(C)c2ccc(F)cc2)n1. The van der Waals surface area contributed by atoms with Crippen molar-refractivity contribution in [2.45, 2.75) is 19.8 Å². The molecule has 2 rings (SSSR count). The minimum Gasteiger partial charge on any atom is -0.478 e. The molecule has 0 aliphatic carbocycles. The predicted octanol–water partition coefficient (Wildman–Crippen LogP) is 3.64. The molecule has 0 fully saturated rings. The van der Waals surface area contributed by atoms with Crippen LogP contribution in [-0.4, -0.2) is 23.1 Å². The average Bonchev–Trinajstić information content (AvgIpc) is 2.47. The Kier molecular flexibility index (Phi) is 4.52. The largest absolute Gasteiger partial charge is 0.478 e. The molecule has 1 aromatic carbocycles. The Morgan fingerprint density at radius 2 is 1.95 bits per heavy atom. The molecule has 1 aromatic heterocycles. The van der Waals surface area contributed by atoms with E-state index in [0.717, 1.165) is 17.8 Å². The van der Waals surface area contributed by atoms with Crippen molar-refractivity contribution < 1.29 is 14.3 Å². The summed E-state index contributed by atoms with van der Waals surface area (Å²) < 4.78 is 13.0. The highest BCUT2D eigenvalue weighted by Crippen LogP contribution is 2.23. The maximum Gasteiger partial charge on any atom is 0.335 e. The Bertz CT molecular complexity index is 641. The van der Waals surface area contributed by atoms with Crippen molar-refractivity contribution >= 4 is 17.5 Å². The molecule has 0 atom stereocenters. The first-order valence-corrected chi connectivity index (χ1v) is 6.75. The summed E-state index contributed by atoms with van der Waals surface area (Å²) in [6.07, 6.45) is 1.60. The van der Waals surface area contributed by atoms with Gasteiger partial charge in [0.2, 0.25) is 0 Å². The van der Waals surface area contributed by atoms with E-state index in [0.29, 0.717) is 12.2 Å².